The van der Waals surface area contributed by atoms with E-state index in [1.165, 1.54) is 13.3 Å². The SMILES string of the molecule is COc1c(-c2ccc(-c3ccc4[nH]ccc4c3)cc2)nc2ccncc2c1C(=O)NO. The molecule has 0 atom stereocenters. The number of H-pyrrole nitrogens is 1. The van der Waals surface area contributed by atoms with Gasteiger partial charge >= 0.3 is 0 Å². The zero-order valence-corrected chi connectivity index (χ0v) is 16.6. The van der Waals surface area contributed by atoms with Crippen molar-refractivity contribution in [3.63, 3.8) is 0 Å². The van der Waals surface area contributed by atoms with Crippen molar-refractivity contribution in [1.29, 1.82) is 0 Å². The highest BCUT2D eigenvalue weighted by molar-refractivity contribution is 6.09. The number of nitrogens with zero attached hydrogens (tertiary/aromatic N) is 2. The molecular weight excluding hydrogens is 392 g/mol. The molecule has 0 saturated heterocycles. The summed E-state index contributed by atoms with van der Waals surface area (Å²) in [5.41, 5.74) is 6.99. The third-order valence-electron chi connectivity index (χ3n) is 5.32. The van der Waals surface area contributed by atoms with Gasteiger partial charge in [0.25, 0.3) is 5.91 Å². The number of amides is 1. The number of rotatable bonds is 4. The summed E-state index contributed by atoms with van der Waals surface area (Å²) in [7, 11) is 1.47. The normalized spacial score (nSPS) is 11.0. The molecule has 0 bridgehead atoms. The second-order valence-electron chi connectivity index (χ2n) is 7.06. The minimum atomic E-state index is -0.685. The first-order chi connectivity index (χ1) is 15.2. The zero-order valence-electron chi connectivity index (χ0n) is 16.6. The van der Waals surface area contributed by atoms with E-state index in [0.717, 1.165) is 27.6 Å². The Bertz CT molecular complexity index is 1420. The number of hydrogen-bond acceptors (Lipinski definition) is 5. The lowest BCUT2D eigenvalue weighted by molar-refractivity contribution is 0.0705. The molecule has 0 fully saturated rings. The van der Waals surface area contributed by atoms with Crippen molar-refractivity contribution in [3.05, 3.63) is 78.8 Å². The van der Waals surface area contributed by atoms with Crippen LogP contribution in [-0.4, -0.2) is 33.2 Å². The van der Waals surface area contributed by atoms with E-state index >= 15 is 0 Å². The smallest absolute Gasteiger partial charge is 0.279 e. The monoisotopic (exact) mass is 410 g/mol. The molecule has 0 aliphatic carbocycles. The molecule has 5 rings (SSSR count). The average Bonchev–Trinajstić information content (AvgIpc) is 3.30. The van der Waals surface area contributed by atoms with Gasteiger partial charge in [-0.05, 0) is 40.8 Å². The van der Waals surface area contributed by atoms with Crippen molar-refractivity contribution < 1.29 is 14.7 Å². The second kappa shape index (κ2) is 7.55. The van der Waals surface area contributed by atoms with Gasteiger partial charge in [0.1, 0.15) is 5.69 Å². The summed E-state index contributed by atoms with van der Waals surface area (Å²) in [6.07, 6.45) is 5.05. The minimum absolute atomic E-state index is 0.181. The molecule has 3 N–H and O–H groups in total. The number of benzene rings is 2. The zero-order chi connectivity index (χ0) is 21.4. The maximum atomic E-state index is 12.4. The topological polar surface area (TPSA) is 100 Å². The molecule has 7 heteroatoms. The molecule has 0 saturated carbocycles. The largest absolute Gasteiger partial charge is 0.494 e. The van der Waals surface area contributed by atoms with E-state index in [9.17, 15) is 10.0 Å². The van der Waals surface area contributed by atoms with Gasteiger partial charge in [-0.15, -0.1) is 0 Å². The highest BCUT2D eigenvalue weighted by Gasteiger charge is 2.22. The molecule has 31 heavy (non-hydrogen) atoms. The Kier molecular flexibility index (Phi) is 4.57. The van der Waals surface area contributed by atoms with E-state index in [1.807, 2.05) is 36.5 Å². The molecular formula is C24H18N4O3. The third kappa shape index (κ3) is 3.17. The number of nitrogens with one attached hydrogen (secondary N) is 2. The number of carbonyl (C=O) groups is 1. The van der Waals surface area contributed by atoms with Crippen LogP contribution in [0.2, 0.25) is 0 Å². The van der Waals surface area contributed by atoms with Gasteiger partial charge < -0.3 is 9.72 Å². The van der Waals surface area contributed by atoms with Gasteiger partial charge in [-0.1, -0.05) is 30.3 Å². The van der Waals surface area contributed by atoms with E-state index in [4.69, 9.17) is 9.72 Å². The Morgan fingerprint density at radius 1 is 1.03 bits per heavy atom. The number of ether oxygens (including phenoxy) is 1. The fourth-order valence-corrected chi connectivity index (χ4v) is 3.82. The van der Waals surface area contributed by atoms with Crippen LogP contribution in [-0.2, 0) is 0 Å². The first-order valence-corrected chi connectivity index (χ1v) is 9.63. The molecule has 2 aromatic carbocycles. The molecule has 3 heterocycles. The van der Waals surface area contributed by atoms with Crippen LogP contribution in [0.3, 0.4) is 0 Å². The lowest BCUT2D eigenvalue weighted by Gasteiger charge is -2.15. The quantitative estimate of drug-likeness (QED) is 0.298. The summed E-state index contributed by atoms with van der Waals surface area (Å²) in [5.74, 6) is -0.413. The Balaban J connectivity index is 1.64. The summed E-state index contributed by atoms with van der Waals surface area (Å²) in [4.78, 5) is 24.4. The van der Waals surface area contributed by atoms with Crippen LogP contribution in [0.25, 0.3) is 44.2 Å². The van der Waals surface area contributed by atoms with Gasteiger partial charge in [0.2, 0.25) is 0 Å². The summed E-state index contributed by atoms with van der Waals surface area (Å²) in [5, 5.41) is 10.9. The van der Waals surface area contributed by atoms with Crippen molar-refractivity contribution in [3.8, 4) is 28.1 Å². The molecule has 5 aromatic rings. The Morgan fingerprint density at radius 2 is 1.81 bits per heavy atom. The summed E-state index contributed by atoms with van der Waals surface area (Å²) >= 11 is 0. The van der Waals surface area contributed by atoms with Crippen LogP contribution in [0.15, 0.2) is 73.2 Å². The highest BCUT2D eigenvalue weighted by Crippen LogP contribution is 2.36. The maximum absolute atomic E-state index is 12.4. The van der Waals surface area contributed by atoms with Gasteiger partial charge in [0.15, 0.2) is 5.75 Å². The number of methoxy groups -OCH3 is 1. The predicted octanol–water partition coefficient (Wildman–Crippen LogP) is 4.57. The molecule has 0 aliphatic rings. The summed E-state index contributed by atoms with van der Waals surface area (Å²) in [6, 6.07) is 17.9. The lowest BCUT2D eigenvalue weighted by Crippen LogP contribution is -2.20. The Hall–Kier alpha value is -4.23. The number of carbonyl (C=O) groups excluding carboxylic acids is 1. The van der Waals surface area contributed by atoms with Crippen molar-refractivity contribution in [2.45, 2.75) is 0 Å². The van der Waals surface area contributed by atoms with Crippen LogP contribution in [0.5, 0.6) is 5.75 Å². The Morgan fingerprint density at radius 3 is 2.58 bits per heavy atom. The molecule has 0 unspecified atom stereocenters. The Labute approximate surface area is 177 Å². The van der Waals surface area contributed by atoms with Gasteiger partial charge in [0, 0.05) is 35.1 Å². The molecule has 7 nitrogen and oxygen atoms in total. The van der Waals surface area contributed by atoms with E-state index < -0.39 is 5.91 Å². The van der Waals surface area contributed by atoms with Crippen molar-refractivity contribution in [2.75, 3.05) is 7.11 Å². The molecule has 3 aromatic heterocycles. The van der Waals surface area contributed by atoms with Gasteiger partial charge in [-0.3, -0.25) is 15.0 Å². The van der Waals surface area contributed by atoms with Gasteiger partial charge in [-0.2, -0.15) is 0 Å². The van der Waals surface area contributed by atoms with E-state index in [0.29, 0.717) is 16.6 Å². The van der Waals surface area contributed by atoms with Crippen molar-refractivity contribution in [1.82, 2.24) is 20.4 Å². The summed E-state index contributed by atoms with van der Waals surface area (Å²) < 4.78 is 5.55. The molecule has 0 radical (unpaired) electrons. The highest BCUT2D eigenvalue weighted by atomic mass is 16.5. The van der Waals surface area contributed by atoms with E-state index in [2.05, 4.69) is 28.2 Å². The molecule has 0 aliphatic heterocycles. The van der Waals surface area contributed by atoms with Gasteiger partial charge in [0.05, 0.1) is 18.2 Å². The fraction of sp³-hybridized carbons (Fsp3) is 0.0417. The summed E-state index contributed by atoms with van der Waals surface area (Å²) in [6.45, 7) is 0. The van der Waals surface area contributed by atoms with Crippen LogP contribution in [0.1, 0.15) is 10.4 Å². The molecule has 1 amide bonds. The first kappa shape index (κ1) is 18.8. The second-order valence-corrected chi connectivity index (χ2v) is 7.06. The van der Waals surface area contributed by atoms with Crippen molar-refractivity contribution in [2.24, 2.45) is 0 Å². The average molecular weight is 410 g/mol. The minimum Gasteiger partial charge on any atom is -0.494 e. The van der Waals surface area contributed by atoms with Crippen LogP contribution < -0.4 is 10.2 Å². The number of aromatic nitrogens is 3. The molecule has 152 valence electrons. The van der Waals surface area contributed by atoms with Crippen LogP contribution in [0.4, 0.5) is 0 Å². The van der Waals surface area contributed by atoms with E-state index in [1.54, 1.807) is 17.7 Å². The first-order valence-electron chi connectivity index (χ1n) is 9.63. The fourth-order valence-electron chi connectivity index (χ4n) is 3.82. The van der Waals surface area contributed by atoms with Crippen molar-refractivity contribution >= 4 is 27.7 Å². The maximum Gasteiger partial charge on any atom is 0.279 e. The van der Waals surface area contributed by atoms with E-state index in [-0.39, 0.29) is 11.3 Å². The number of pyridine rings is 2. The van der Waals surface area contributed by atoms with Crippen LogP contribution >= 0.6 is 0 Å². The van der Waals surface area contributed by atoms with Gasteiger partial charge in [-0.25, -0.2) is 10.5 Å². The number of hydrogen-bond donors (Lipinski definition) is 3. The number of fused-ring (bicyclic) bond motifs is 2. The number of aromatic amines is 1. The molecule has 0 spiro atoms. The predicted molar refractivity (Wildman–Crippen MR) is 118 cm³/mol. The third-order valence-corrected chi connectivity index (χ3v) is 5.32. The standard InChI is InChI=1S/C24H18N4O3/c1-31-23-21(24(29)28-30)18-13-25-10-9-20(18)27-22(23)15-4-2-14(3-5-15)16-6-7-19-17(12-16)8-11-26-19/h2-13,26,30H,1H3,(H,28,29). The van der Waals surface area contributed by atoms with Crippen LogP contribution in [0, 0.1) is 0 Å². The number of hydroxylamine groups is 1. The lowest BCUT2D eigenvalue weighted by atomic mass is 9.99.